The SMILES string of the molecule is COCCN(CC(=O)N1CCc2sccc2[C@H]1COc1ccccc1F)C(=O)Cc1ccccc1. The molecule has 184 valence electrons. The van der Waals surface area contributed by atoms with Gasteiger partial charge in [0, 0.05) is 25.1 Å². The zero-order valence-electron chi connectivity index (χ0n) is 19.7. The number of thiophene rings is 1. The van der Waals surface area contributed by atoms with Gasteiger partial charge in [-0.1, -0.05) is 42.5 Å². The fourth-order valence-electron chi connectivity index (χ4n) is 4.23. The van der Waals surface area contributed by atoms with Crippen molar-refractivity contribution < 1.29 is 23.5 Å². The second-order valence-corrected chi connectivity index (χ2v) is 9.36. The van der Waals surface area contributed by atoms with Crippen LogP contribution in [0.3, 0.4) is 0 Å². The van der Waals surface area contributed by atoms with Crippen LogP contribution in [0.4, 0.5) is 4.39 Å². The third kappa shape index (κ3) is 6.26. The van der Waals surface area contributed by atoms with Crippen LogP contribution < -0.4 is 4.74 Å². The van der Waals surface area contributed by atoms with E-state index < -0.39 is 5.82 Å². The van der Waals surface area contributed by atoms with Crippen molar-refractivity contribution in [2.24, 2.45) is 0 Å². The molecule has 0 radical (unpaired) electrons. The second-order valence-electron chi connectivity index (χ2n) is 8.36. The molecule has 2 aromatic carbocycles. The van der Waals surface area contributed by atoms with Gasteiger partial charge in [-0.2, -0.15) is 0 Å². The van der Waals surface area contributed by atoms with Gasteiger partial charge >= 0.3 is 0 Å². The van der Waals surface area contributed by atoms with Crippen LogP contribution in [0, 0.1) is 5.82 Å². The highest BCUT2D eigenvalue weighted by Gasteiger charge is 2.33. The van der Waals surface area contributed by atoms with Crippen LogP contribution in [0.2, 0.25) is 0 Å². The van der Waals surface area contributed by atoms with E-state index in [1.807, 2.05) is 41.8 Å². The number of halogens is 1. The largest absolute Gasteiger partial charge is 0.488 e. The molecule has 1 aliphatic heterocycles. The van der Waals surface area contributed by atoms with E-state index in [4.69, 9.17) is 9.47 Å². The fourth-order valence-corrected chi connectivity index (χ4v) is 5.16. The number of carbonyl (C=O) groups is 2. The Labute approximate surface area is 208 Å². The van der Waals surface area contributed by atoms with Crippen LogP contribution in [0.25, 0.3) is 0 Å². The summed E-state index contributed by atoms with van der Waals surface area (Å²) in [5, 5.41) is 2.00. The van der Waals surface area contributed by atoms with Crippen molar-refractivity contribution in [1.82, 2.24) is 9.80 Å². The van der Waals surface area contributed by atoms with E-state index in [9.17, 15) is 14.0 Å². The second kappa shape index (κ2) is 12.0. The summed E-state index contributed by atoms with van der Waals surface area (Å²) in [7, 11) is 1.57. The van der Waals surface area contributed by atoms with Gasteiger partial charge < -0.3 is 19.3 Å². The minimum Gasteiger partial charge on any atom is -0.488 e. The van der Waals surface area contributed by atoms with Gasteiger partial charge in [-0.25, -0.2) is 4.39 Å². The highest BCUT2D eigenvalue weighted by molar-refractivity contribution is 7.10. The number of amides is 2. The van der Waals surface area contributed by atoms with Crippen LogP contribution in [0.5, 0.6) is 5.75 Å². The Kier molecular flexibility index (Phi) is 8.50. The number of nitrogens with zero attached hydrogens (tertiary/aromatic N) is 2. The Hall–Kier alpha value is -3.23. The smallest absolute Gasteiger partial charge is 0.242 e. The molecule has 0 saturated carbocycles. The number of ether oxygens (including phenoxy) is 2. The molecule has 1 aliphatic rings. The molecule has 2 amide bonds. The standard InChI is InChI=1S/C27H29FN2O4S/c1-33-15-14-29(26(31)17-20-7-3-2-4-8-20)18-27(32)30-13-11-25-21(12-16-35-25)23(30)19-34-24-10-6-5-9-22(24)28/h2-10,12,16,23H,11,13-15,17-19H2,1H3/t23-/m1/s1. The van der Waals surface area contributed by atoms with E-state index in [1.54, 1.807) is 46.4 Å². The summed E-state index contributed by atoms with van der Waals surface area (Å²) in [4.78, 5) is 31.1. The molecule has 0 unspecified atom stereocenters. The molecule has 2 heterocycles. The van der Waals surface area contributed by atoms with Crippen molar-refractivity contribution in [3.05, 3.63) is 87.9 Å². The molecule has 0 fully saturated rings. The number of methoxy groups -OCH3 is 1. The molecule has 1 atom stereocenters. The van der Waals surface area contributed by atoms with E-state index in [0.29, 0.717) is 19.7 Å². The lowest BCUT2D eigenvalue weighted by molar-refractivity contribution is -0.143. The van der Waals surface area contributed by atoms with E-state index in [1.165, 1.54) is 10.9 Å². The predicted molar refractivity (Wildman–Crippen MR) is 133 cm³/mol. The third-order valence-electron chi connectivity index (χ3n) is 6.09. The van der Waals surface area contributed by atoms with Crippen LogP contribution in [0.1, 0.15) is 22.0 Å². The van der Waals surface area contributed by atoms with Gasteiger partial charge in [-0.15, -0.1) is 11.3 Å². The van der Waals surface area contributed by atoms with E-state index >= 15 is 0 Å². The van der Waals surface area contributed by atoms with Crippen LogP contribution in [0.15, 0.2) is 66.0 Å². The Balaban J connectivity index is 1.49. The lowest BCUT2D eigenvalue weighted by Crippen LogP contribution is -2.48. The third-order valence-corrected chi connectivity index (χ3v) is 7.09. The zero-order valence-corrected chi connectivity index (χ0v) is 20.5. The molecule has 3 aromatic rings. The van der Waals surface area contributed by atoms with Crippen LogP contribution in [-0.4, -0.2) is 61.6 Å². The van der Waals surface area contributed by atoms with Crippen molar-refractivity contribution in [2.75, 3.05) is 40.0 Å². The zero-order chi connectivity index (χ0) is 24.6. The molecular formula is C27H29FN2O4S. The molecule has 6 nitrogen and oxygen atoms in total. The Morgan fingerprint density at radius 2 is 1.89 bits per heavy atom. The van der Waals surface area contributed by atoms with Crippen LogP contribution in [-0.2, 0) is 27.2 Å². The highest BCUT2D eigenvalue weighted by atomic mass is 32.1. The maximum absolute atomic E-state index is 14.1. The first-order valence-electron chi connectivity index (χ1n) is 11.6. The molecule has 0 saturated heterocycles. The number of hydrogen-bond acceptors (Lipinski definition) is 5. The molecule has 0 aliphatic carbocycles. The van der Waals surface area contributed by atoms with Crippen LogP contribution >= 0.6 is 11.3 Å². The number of fused-ring (bicyclic) bond motifs is 1. The number of benzene rings is 2. The number of carbonyl (C=O) groups excluding carboxylic acids is 2. The summed E-state index contributed by atoms with van der Waals surface area (Å²) >= 11 is 1.65. The quantitative estimate of drug-likeness (QED) is 0.424. The maximum atomic E-state index is 14.1. The normalized spacial score (nSPS) is 14.9. The van der Waals surface area contributed by atoms with Gasteiger partial charge in [-0.3, -0.25) is 9.59 Å². The topological polar surface area (TPSA) is 59.1 Å². The monoisotopic (exact) mass is 496 g/mol. The van der Waals surface area contributed by atoms with Crippen molar-refractivity contribution in [2.45, 2.75) is 18.9 Å². The van der Waals surface area contributed by atoms with Crippen molar-refractivity contribution >= 4 is 23.2 Å². The average Bonchev–Trinajstić information content (AvgIpc) is 3.35. The summed E-state index contributed by atoms with van der Waals surface area (Å²) in [6.07, 6.45) is 0.956. The maximum Gasteiger partial charge on any atom is 0.242 e. The minimum absolute atomic E-state index is 0.0509. The van der Waals surface area contributed by atoms with Gasteiger partial charge in [0.25, 0.3) is 0 Å². The molecule has 35 heavy (non-hydrogen) atoms. The van der Waals surface area contributed by atoms with Gasteiger partial charge in [0.1, 0.15) is 6.61 Å². The fraction of sp³-hybridized carbons (Fsp3) is 0.333. The molecular weight excluding hydrogens is 467 g/mol. The van der Waals surface area contributed by atoms with Gasteiger partial charge in [-0.05, 0) is 41.1 Å². The van der Waals surface area contributed by atoms with E-state index in [-0.39, 0.29) is 43.2 Å². The van der Waals surface area contributed by atoms with Gasteiger partial charge in [0.2, 0.25) is 11.8 Å². The number of hydrogen-bond donors (Lipinski definition) is 0. The van der Waals surface area contributed by atoms with Crippen molar-refractivity contribution in [3.63, 3.8) is 0 Å². The lowest BCUT2D eigenvalue weighted by Gasteiger charge is -2.37. The minimum atomic E-state index is -0.441. The summed E-state index contributed by atoms with van der Waals surface area (Å²) < 4.78 is 25.1. The average molecular weight is 497 g/mol. The summed E-state index contributed by atoms with van der Waals surface area (Å²) in [5.41, 5.74) is 1.91. The molecule has 0 spiro atoms. The highest BCUT2D eigenvalue weighted by Crippen LogP contribution is 2.34. The lowest BCUT2D eigenvalue weighted by atomic mass is 10.0. The molecule has 0 bridgehead atoms. The molecule has 4 rings (SSSR count). The molecule has 1 aromatic heterocycles. The predicted octanol–water partition coefficient (Wildman–Crippen LogP) is 4.11. The summed E-state index contributed by atoms with van der Waals surface area (Å²) in [6.45, 7) is 1.25. The van der Waals surface area contributed by atoms with E-state index in [2.05, 4.69) is 0 Å². The first-order chi connectivity index (χ1) is 17.1. The summed E-state index contributed by atoms with van der Waals surface area (Å²) in [6, 6.07) is 17.4. The summed E-state index contributed by atoms with van der Waals surface area (Å²) in [5.74, 6) is -0.582. The van der Waals surface area contributed by atoms with Gasteiger partial charge in [0.15, 0.2) is 11.6 Å². The van der Waals surface area contributed by atoms with Gasteiger partial charge in [0.05, 0.1) is 25.6 Å². The first-order valence-corrected chi connectivity index (χ1v) is 12.5. The molecule has 8 heteroatoms. The van der Waals surface area contributed by atoms with E-state index in [0.717, 1.165) is 17.5 Å². The Bertz CT molecular complexity index is 1140. The Morgan fingerprint density at radius 1 is 1.11 bits per heavy atom. The number of rotatable bonds is 10. The first kappa shape index (κ1) is 24.9. The number of para-hydroxylation sites is 1. The molecule has 0 N–H and O–H groups in total. The van der Waals surface area contributed by atoms with Crippen molar-refractivity contribution in [3.8, 4) is 5.75 Å². The van der Waals surface area contributed by atoms with Crippen molar-refractivity contribution in [1.29, 1.82) is 0 Å². The Morgan fingerprint density at radius 3 is 2.66 bits per heavy atom.